The second-order valence-electron chi connectivity index (χ2n) is 5.74. The summed E-state index contributed by atoms with van der Waals surface area (Å²) in [5.41, 5.74) is 0.714. The van der Waals surface area contributed by atoms with Crippen molar-refractivity contribution in [2.75, 3.05) is 18.2 Å². The van der Waals surface area contributed by atoms with E-state index in [2.05, 4.69) is 5.32 Å². The van der Waals surface area contributed by atoms with Crippen molar-refractivity contribution in [3.05, 3.63) is 42.4 Å². The Hall–Kier alpha value is -2.96. The Balaban J connectivity index is 1.42. The first-order valence-electron chi connectivity index (χ1n) is 7.71. The van der Waals surface area contributed by atoms with Gasteiger partial charge in [0.25, 0.3) is 0 Å². The van der Waals surface area contributed by atoms with E-state index in [1.807, 2.05) is 0 Å². The molecule has 0 aliphatic carbocycles. The summed E-state index contributed by atoms with van der Waals surface area (Å²) < 4.78 is 15.8. The molecule has 0 unspecified atom stereocenters. The Bertz CT molecular complexity index is 771. The van der Waals surface area contributed by atoms with Crippen LogP contribution < -0.4 is 19.7 Å². The molecule has 1 fully saturated rings. The number of furan rings is 1. The average molecular weight is 328 g/mol. The molecule has 2 aliphatic heterocycles. The largest absolute Gasteiger partial charge is 0.467 e. The average Bonchev–Trinajstić information content (AvgIpc) is 3.32. The van der Waals surface area contributed by atoms with Crippen LogP contribution in [-0.4, -0.2) is 25.2 Å². The van der Waals surface area contributed by atoms with Gasteiger partial charge >= 0.3 is 0 Å². The fourth-order valence-corrected chi connectivity index (χ4v) is 2.92. The molecule has 0 spiro atoms. The van der Waals surface area contributed by atoms with Crippen LogP contribution >= 0.6 is 0 Å². The maximum Gasteiger partial charge on any atom is 0.231 e. The van der Waals surface area contributed by atoms with Crippen molar-refractivity contribution in [1.29, 1.82) is 0 Å². The smallest absolute Gasteiger partial charge is 0.231 e. The highest BCUT2D eigenvalue weighted by Gasteiger charge is 2.35. The number of carbonyl (C=O) groups is 2. The van der Waals surface area contributed by atoms with E-state index in [0.29, 0.717) is 36.0 Å². The lowest BCUT2D eigenvalue weighted by Crippen LogP contribution is -2.32. The lowest BCUT2D eigenvalue weighted by atomic mass is 10.1. The van der Waals surface area contributed by atoms with Gasteiger partial charge in [0, 0.05) is 24.7 Å². The minimum atomic E-state index is -0.377. The number of nitrogens with one attached hydrogen (secondary N) is 1. The summed E-state index contributed by atoms with van der Waals surface area (Å²) in [6.45, 7) is 0.855. The van der Waals surface area contributed by atoms with Gasteiger partial charge in [-0.05, 0) is 24.3 Å². The first-order valence-corrected chi connectivity index (χ1v) is 7.71. The second kappa shape index (κ2) is 5.92. The minimum Gasteiger partial charge on any atom is -0.467 e. The zero-order chi connectivity index (χ0) is 16.5. The summed E-state index contributed by atoms with van der Waals surface area (Å²) >= 11 is 0. The summed E-state index contributed by atoms with van der Waals surface area (Å²) in [6.07, 6.45) is 1.75. The van der Waals surface area contributed by atoms with Gasteiger partial charge < -0.3 is 24.1 Å². The van der Waals surface area contributed by atoms with E-state index in [1.54, 1.807) is 41.5 Å². The Morgan fingerprint density at radius 3 is 2.96 bits per heavy atom. The highest BCUT2D eigenvalue weighted by Crippen LogP contribution is 2.37. The van der Waals surface area contributed by atoms with Gasteiger partial charge in [-0.15, -0.1) is 0 Å². The molecule has 0 bridgehead atoms. The number of nitrogens with zero attached hydrogens (tertiary/aromatic N) is 1. The van der Waals surface area contributed by atoms with Crippen LogP contribution in [0, 0.1) is 5.92 Å². The maximum absolute atomic E-state index is 12.3. The fourth-order valence-electron chi connectivity index (χ4n) is 2.92. The van der Waals surface area contributed by atoms with Crippen molar-refractivity contribution in [3.63, 3.8) is 0 Å². The van der Waals surface area contributed by atoms with Crippen molar-refractivity contribution < 1.29 is 23.5 Å². The Morgan fingerprint density at radius 1 is 1.25 bits per heavy atom. The molecular weight excluding hydrogens is 312 g/mol. The molecule has 3 heterocycles. The van der Waals surface area contributed by atoms with Crippen LogP contribution in [-0.2, 0) is 16.1 Å². The normalized spacial score (nSPS) is 18.9. The van der Waals surface area contributed by atoms with Gasteiger partial charge in [0.1, 0.15) is 5.76 Å². The van der Waals surface area contributed by atoms with Crippen molar-refractivity contribution in [2.24, 2.45) is 5.92 Å². The third-order valence-corrected chi connectivity index (χ3v) is 4.18. The lowest BCUT2D eigenvalue weighted by Gasteiger charge is -2.17. The van der Waals surface area contributed by atoms with Crippen LogP contribution in [0.3, 0.4) is 0 Å². The van der Waals surface area contributed by atoms with Crippen molar-refractivity contribution in [2.45, 2.75) is 13.0 Å². The SMILES string of the molecule is O=C(NCc1ccco1)[C@@H]1CC(=O)N(c2ccc3c(c2)OCO3)C1. The predicted octanol–water partition coefficient (Wildman–Crippen LogP) is 1.68. The van der Waals surface area contributed by atoms with Gasteiger partial charge in [-0.1, -0.05) is 0 Å². The van der Waals surface area contributed by atoms with E-state index in [9.17, 15) is 9.59 Å². The van der Waals surface area contributed by atoms with E-state index in [4.69, 9.17) is 13.9 Å². The standard InChI is InChI=1S/C17H16N2O5/c20-16-6-11(17(21)18-8-13-2-1-5-22-13)9-19(16)12-3-4-14-15(7-12)24-10-23-14/h1-5,7,11H,6,8-10H2,(H,18,21)/t11-/m1/s1. The first kappa shape index (κ1) is 14.6. The second-order valence-corrected chi connectivity index (χ2v) is 5.74. The number of rotatable bonds is 4. The topological polar surface area (TPSA) is 81.0 Å². The van der Waals surface area contributed by atoms with Crippen LogP contribution in [0.5, 0.6) is 11.5 Å². The molecule has 0 radical (unpaired) electrons. The molecule has 7 heteroatoms. The first-order chi connectivity index (χ1) is 11.7. The molecular formula is C17H16N2O5. The molecule has 2 amide bonds. The van der Waals surface area contributed by atoms with E-state index in [1.165, 1.54) is 0 Å². The number of anilines is 1. The minimum absolute atomic E-state index is 0.0768. The molecule has 2 aromatic rings. The molecule has 7 nitrogen and oxygen atoms in total. The molecule has 24 heavy (non-hydrogen) atoms. The summed E-state index contributed by atoms with van der Waals surface area (Å²) in [5.74, 6) is 1.36. The number of benzene rings is 1. The van der Waals surface area contributed by atoms with Gasteiger partial charge in [-0.25, -0.2) is 0 Å². The fraction of sp³-hybridized carbons (Fsp3) is 0.294. The molecule has 1 saturated heterocycles. The van der Waals surface area contributed by atoms with Gasteiger partial charge in [0.2, 0.25) is 18.6 Å². The highest BCUT2D eigenvalue weighted by atomic mass is 16.7. The summed E-state index contributed by atoms with van der Waals surface area (Å²) in [6, 6.07) is 8.90. The van der Waals surface area contributed by atoms with Crippen LogP contribution in [0.2, 0.25) is 0 Å². The quantitative estimate of drug-likeness (QED) is 0.923. The Morgan fingerprint density at radius 2 is 2.12 bits per heavy atom. The van der Waals surface area contributed by atoms with Crippen molar-refractivity contribution in [3.8, 4) is 11.5 Å². The van der Waals surface area contributed by atoms with Crippen molar-refractivity contribution >= 4 is 17.5 Å². The molecule has 4 rings (SSSR count). The van der Waals surface area contributed by atoms with Gasteiger partial charge in [0.05, 0.1) is 18.7 Å². The van der Waals surface area contributed by atoms with E-state index >= 15 is 0 Å². The zero-order valence-corrected chi connectivity index (χ0v) is 12.9. The molecule has 1 atom stereocenters. The van der Waals surface area contributed by atoms with E-state index < -0.39 is 0 Å². The third-order valence-electron chi connectivity index (χ3n) is 4.18. The summed E-state index contributed by atoms with van der Waals surface area (Å²) in [5, 5.41) is 2.80. The lowest BCUT2D eigenvalue weighted by molar-refractivity contribution is -0.126. The predicted molar refractivity (Wildman–Crippen MR) is 83.6 cm³/mol. The Labute approximate surface area is 138 Å². The van der Waals surface area contributed by atoms with Crippen LogP contribution in [0.1, 0.15) is 12.2 Å². The number of hydrogen-bond acceptors (Lipinski definition) is 5. The van der Waals surface area contributed by atoms with Crippen LogP contribution in [0.15, 0.2) is 41.0 Å². The number of fused-ring (bicyclic) bond motifs is 1. The zero-order valence-electron chi connectivity index (χ0n) is 12.9. The summed E-state index contributed by atoms with van der Waals surface area (Å²) in [7, 11) is 0. The molecule has 0 saturated carbocycles. The molecule has 124 valence electrons. The molecule has 1 N–H and O–H groups in total. The summed E-state index contributed by atoms with van der Waals surface area (Å²) in [4.78, 5) is 26.2. The van der Waals surface area contributed by atoms with Gasteiger partial charge in [-0.2, -0.15) is 0 Å². The molecule has 2 aliphatic rings. The highest BCUT2D eigenvalue weighted by molar-refractivity contribution is 6.00. The van der Waals surface area contributed by atoms with Gasteiger partial charge in [0.15, 0.2) is 11.5 Å². The maximum atomic E-state index is 12.3. The van der Waals surface area contributed by atoms with E-state index in [0.717, 1.165) is 0 Å². The van der Waals surface area contributed by atoms with Crippen LogP contribution in [0.4, 0.5) is 5.69 Å². The molecule has 1 aromatic carbocycles. The Kier molecular flexibility index (Phi) is 3.60. The number of hydrogen-bond donors (Lipinski definition) is 1. The van der Waals surface area contributed by atoms with E-state index in [-0.39, 0.29) is 30.9 Å². The third kappa shape index (κ3) is 2.68. The number of carbonyl (C=O) groups excluding carboxylic acids is 2. The monoisotopic (exact) mass is 328 g/mol. The van der Waals surface area contributed by atoms with Crippen molar-refractivity contribution in [1.82, 2.24) is 5.32 Å². The van der Waals surface area contributed by atoms with Gasteiger partial charge in [-0.3, -0.25) is 9.59 Å². The van der Waals surface area contributed by atoms with Crippen LogP contribution in [0.25, 0.3) is 0 Å². The number of amides is 2. The number of ether oxygens (including phenoxy) is 2. The molecule has 1 aromatic heterocycles.